The summed E-state index contributed by atoms with van der Waals surface area (Å²) >= 11 is 0. The van der Waals surface area contributed by atoms with E-state index >= 15 is 0 Å². The minimum Gasteiger partial charge on any atom is -0.397 e. The maximum Gasteiger partial charge on any atom is 0.256 e. The molecule has 9 heteroatoms. The van der Waals surface area contributed by atoms with Gasteiger partial charge in [-0.3, -0.25) is 14.4 Å². The number of halogens is 2. The summed E-state index contributed by atoms with van der Waals surface area (Å²) in [5.41, 5.74) is 8.56. The zero-order valence-electron chi connectivity index (χ0n) is 19.2. The molecule has 5 N–H and O–H groups in total. The van der Waals surface area contributed by atoms with E-state index < -0.39 is 11.6 Å². The normalized spacial score (nSPS) is 13.3. The number of carbonyl (C=O) groups excluding carboxylic acids is 3. The van der Waals surface area contributed by atoms with Crippen LogP contribution in [0.15, 0.2) is 60.7 Å². The van der Waals surface area contributed by atoms with Crippen molar-refractivity contribution in [3.63, 3.8) is 0 Å². The molecule has 0 atom stereocenters. The van der Waals surface area contributed by atoms with Crippen molar-refractivity contribution in [2.24, 2.45) is 0 Å². The Morgan fingerprint density at radius 1 is 0.972 bits per heavy atom. The van der Waals surface area contributed by atoms with Crippen LogP contribution in [0.25, 0.3) is 11.6 Å². The lowest BCUT2D eigenvalue weighted by Gasteiger charge is -2.09. The van der Waals surface area contributed by atoms with Crippen LogP contribution in [0.5, 0.6) is 0 Å². The Morgan fingerprint density at radius 2 is 1.75 bits per heavy atom. The molecule has 0 fully saturated rings. The maximum absolute atomic E-state index is 13.7. The molecule has 0 aliphatic carbocycles. The average molecular weight is 491 g/mol. The van der Waals surface area contributed by atoms with E-state index in [1.54, 1.807) is 30.3 Å². The fourth-order valence-electron chi connectivity index (χ4n) is 3.81. The van der Waals surface area contributed by atoms with Crippen molar-refractivity contribution in [3.8, 4) is 0 Å². The third-order valence-corrected chi connectivity index (χ3v) is 5.63. The molecule has 3 aromatic carbocycles. The number of rotatable bonds is 8. The topological polar surface area (TPSA) is 113 Å². The van der Waals surface area contributed by atoms with E-state index in [0.717, 1.165) is 6.07 Å². The molecule has 7 nitrogen and oxygen atoms in total. The first-order chi connectivity index (χ1) is 17.3. The predicted molar refractivity (Wildman–Crippen MR) is 135 cm³/mol. The van der Waals surface area contributed by atoms with Crippen LogP contribution < -0.4 is 21.7 Å². The SMILES string of the molecule is Nc1cc(F)ccc1NC(=O)CCCCNC(=O)c1cccc(/C=C2\C(=O)Nc3ccc(F)cc32)c1. The monoisotopic (exact) mass is 490 g/mol. The van der Waals surface area contributed by atoms with Gasteiger partial charge in [0.2, 0.25) is 5.91 Å². The number of amides is 3. The predicted octanol–water partition coefficient (Wildman–Crippen LogP) is 4.58. The highest BCUT2D eigenvalue weighted by atomic mass is 19.1. The summed E-state index contributed by atoms with van der Waals surface area (Å²) in [6.45, 7) is 0.366. The van der Waals surface area contributed by atoms with Crippen LogP contribution in [0.4, 0.5) is 25.8 Å². The van der Waals surface area contributed by atoms with Crippen molar-refractivity contribution < 1.29 is 23.2 Å². The van der Waals surface area contributed by atoms with Crippen LogP contribution in [0.1, 0.15) is 40.7 Å². The maximum atomic E-state index is 13.7. The zero-order valence-corrected chi connectivity index (χ0v) is 19.2. The summed E-state index contributed by atoms with van der Waals surface area (Å²) in [5, 5.41) is 8.14. The van der Waals surface area contributed by atoms with E-state index in [0.29, 0.717) is 53.0 Å². The standard InChI is InChI=1S/C27H24F2N4O3/c28-18-7-9-23-20(14-18)21(27(36)33-23)13-16-4-3-5-17(12-16)26(35)31-11-2-1-6-25(34)32-24-10-8-19(29)15-22(24)30/h3-5,7-10,12-15H,1-2,6,11,30H2,(H,31,35)(H,32,34)(H,33,36)/b21-13-. The van der Waals surface area contributed by atoms with Gasteiger partial charge in [0.05, 0.1) is 11.4 Å². The molecule has 1 aliphatic rings. The van der Waals surface area contributed by atoms with E-state index in [-0.39, 0.29) is 29.8 Å². The molecule has 3 amide bonds. The number of hydrogen-bond acceptors (Lipinski definition) is 4. The van der Waals surface area contributed by atoms with Crippen molar-refractivity contribution in [2.45, 2.75) is 19.3 Å². The van der Waals surface area contributed by atoms with Gasteiger partial charge in [0.15, 0.2) is 0 Å². The van der Waals surface area contributed by atoms with Gasteiger partial charge in [-0.1, -0.05) is 12.1 Å². The second-order valence-corrected chi connectivity index (χ2v) is 8.32. The van der Waals surface area contributed by atoms with Gasteiger partial charge < -0.3 is 21.7 Å². The third-order valence-electron chi connectivity index (χ3n) is 5.63. The number of carbonyl (C=O) groups is 3. The molecule has 3 aromatic rings. The Morgan fingerprint density at radius 3 is 2.56 bits per heavy atom. The molecule has 184 valence electrons. The van der Waals surface area contributed by atoms with Gasteiger partial charge in [-0.2, -0.15) is 0 Å². The number of nitrogens with two attached hydrogens (primary N) is 1. The van der Waals surface area contributed by atoms with Gasteiger partial charge in [0, 0.05) is 35.4 Å². The molecule has 0 spiro atoms. The lowest BCUT2D eigenvalue weighted by Crippen LogP contribution is -2.24. The summed E-state index contributed by atoms with van der Waals surface area (Å²) < 4.78 is 26.8. The molecule has 0 saturated heterocycles. The van der Waals surface area contributed by atoms with E-state index in [9.17, 15) is 23.2 Å². The average Bonchev–Trinajstić information content (AvgIpc) is 3.15. The van der Waals surface area contributed by atoms with Crippen molar-refractivity contribution >= 4 is 46.4 Å². The van der Waals surface area contributed by atoms with Crippen molar-refractivity contribution in [1.82, 2.24) is 5.32 Å². The Hall–Kier alpha value is -4.53. The van der Waals surface area contributed by atoms with Crippen LogP contribution in [0.2, 0.25) is 0 Å². The van der Waals surface area contributed by atoms with Crippen LogP contribution in [0.3, 0.4) is 0 Å². The van der Waals surface area contributed by atoms with Crippen LogP contribution in [-0.4, -0.2) is 24.3 Å². The van der Waals surface area contributed by atoms with E-state index in [4.69, 9.17) is 5.73 Å². The highest BCUT2D eigenvalue weighted by Crippen LogP contribution is 2.33. The highest BCUT2D eigenvalue weighted by molar-refractivity contribution is 6.34. The highest BCUT2D eigenvalue weighted by Gasteiger charge is 2.24. The van der Waals surface area contributed by atoms with Gasteiger partial charge in [0.25, 0.3) is 11.8 Å². The first-order valence-electron chi connectivity index (χ1n) is 11.4. The second-order valence-electron chi connectivity index (χ2n) is 8.32. The molecule has 1 heterocycles. The van der Waals surface area contributed by atoms with E-state index in [1.165, 1.54) is 30.3 Å². The summed E-state index contributed by atoms with van der Waals surface area (Å²) in [4.78, 5) is 36.9. The van der Waals surface area contributed by atoms with Crippen molar-refractivity contribution in [3.05, 3.63) is 89.0 Å². The Bertz CT molecular complexity index is 1370. The quantitative estimate of drug-likeness (QED) is 0.210. The summed E-state index contributed by atoms with van der Waals surface area (Å²) in [5.74, 6) is -1.80. The van der Waals surface area contributed by atoms with Gasteiger partial charge >= 0.3 is 0 Å². The van der Waals surface area contributed by atoms with E-state index in [1.807, 2.05) is 0 Å². The lowest BCUT2D eigenvalue weighted by molar-refractivity contribution is -0.116. The van der Waals surface area contributed by atoms with Crippen LogP contribution in [0, 0.1) is 11.6 Å². The summed E-state index contributed by atoms with van der Waals surface area (Å²) in [6.07, 6.45) is 2.94. The summed E-state index contributed by atoms with van der Waals surface area (Å²) in [7, 11) is 0. The van der Waals surface area contributed by atoms with Crippen molar-refractivity contribution in [2.75, 3.05) is 22.9 Å². The first-order valence-corrected chi connectivity index (χ1v) is 11.4. The van der Waals surface area contributed by atoms with E-state index in [2.05, 4.69) is 16.0 Å². The smallest absolute Gasteiger partial charge is 0.256 e. The molecule has 0 bridgehead atoms. The fraction of sp³-hybridized carbons (Fsp3) is 0.148. The molecular formula is C27H24F2N4O3. The number of nitrogens with one attached hydrogen (secondary N) is 3. The minimum absolute atomic E-state index is 0.151. The molecule has 0 aromatic heterocycles. The van der Waals surface area contributed by atoms with Crippen molar-refractivity contribution in [1.29, 1.82) is 0 Å². The summed E-state index contributed by atoms with van der Waals surface area (Å²) in [6, 6.07) is 14.6. The third kappa shape index (κ3) is 5.93. The minimum atomic E-state index is -0.479. The zero-order chi connectivity index (χ0) is 25.7. The van der Waals surface area contributed by atoms with Gasteiger partial charge in [-0.05, 0) is 73.0 Å². The number of benzene rings is 3. The molecule has 0 saturated carbocycles. The molecule has 1 aliphatic heterocycles. The Balaban J connectivity index is 1.28. The molecule has 36 heavy (non-hydrogen) atoms. The van der Waals surface area contributed by atoms with Gasteiger partial charge in [0.1, 0.15) is 11.6 Å². The number of unbranched alkanes of at least 4 members (excludes halogenated alkanes) is 1. The number of nitrogen functional groups attached to an aromatic ring is 1. The number of hydrogen-bond donors (Lipinski definition) is 4. The number of fused-ring (bicyclic) bond motifs is 1. The molecular weight excluding hydrogens is 466 g/mol. The lowest BCUT2D eigenvalue weighted by atomic mass is 10.0. The molecule has 4 rings (SSSR count). The van der Waals surface area contributed by atoms with Gasteiger partial charge in [-0.15, -0.1) is 0 Å². The van der Waals surface area contributed by atoms with Crippen LogP contribution in [-0.2, 0) is 9.59 Å². The fourth-order valence-corrected chi connectivity index (χ4v) is 3.81. The van der Waals surface area contributed by atoms with Gasteiger partial charge in [-0.25, -0.2) is 8.78 Å². The Labute approximate surface area is 206 Å². The Kier molecular flexibility index (Phi) is 7.39. The number of anilines is 3. The second kappa shape index (κ2) is 10.8. The molecule has 0 radical (unpaired) electrons. The first kappa shape index (κ1) is 24.6. The molecule has 0 unspecified atom stereocenters. The van der Waals surface area contributed by atoms with Crippen LogP contribution >= 0.6 is 0 Å². The largest absolute Gasteiger partial charge is 0.397 e.